The number of hydrogen-bond donors (Lipinski definition) is 1. The minimum atomic E-state index is 0.189. The summed E-state index contributed by atoms with van der Waals surface area (Å²) in [5.41, 5.74) is 1.61. The molecule has 21 heavy (non-hydrogen) atoms. The van der Waals surface area contributed by atoms with Gasteiger partial charge in [0.2, 0.25) is 0 Å². The topological polar surface area (TPSA) is 24.5 Å². The maximum atomic E-state index is 5.73. The Bertz CT molecular complexity index is 442. The van der Waals surface area contributed by atoms with Crippen LogP contribution in [0.2, 0.25) is 0 Å². The van der Waals surface area contributed by atoms with E-state index in [0.29, 0.717) is 12.1 Å². The van der Waals surface area contributed by atoms with Gasteiger partial charge in [-0.1, -0.05) is 43.7 Å². The van der Waals surface area contributed by atoms with Crippen LogP contribution in [0.4, 0.5) is 0 Å². The van der Waals surface area contributed by atoms with Crippen LogP contribution in [0, 0.1) is 0 Å². The number of hydrogen-bond acceptors (Lipinski definition) is 3. The molecule has 2 fully saturated rings. The van der Waals surface area contributed by atoms with E-state index in [1.54, 1.807) is 0 Å². The Balaban J connectivity index is 1.84. The molecule has 0 aromatic heterocycles. The van der Waals surface area contributed by atoms with Gasteiger partial charge in [0.25, 0.3) is 0 Å². The Kier molecular flexibility index (Phi) is 4.63. The lowest BCUT2D eigenvalue weighted by Crippen LogP contribution is -2.60. The first kappa shape index (κ1) is 15.0. The van der Waals surface area contributed by atoms with E-state index in [1.165, 1.54) is 18.4 Å². The lowest BCUT2D eigenvalue weighted by Gasteiger charge is -2.48. The number of benzene rings is 1. The van der Waals surface area contributed by atoms with Crippen LogP contribution < -0.4 is 5.32 Å². The summed E-state index contributed by atoms with van der Waals surface area (Å²) in [6.45, 7) is 8.60. The molecule has 3 unspecified atom stereocenters. The van der Waals surface area contributed by atoms with Gasteiger partial charge in [0.05, 0.1) is 6.61 Å². The van der Waals surface area contributed by atoms with Gasteiger partial charge in [-0.3, -0.25) is 4.90 Å². The standard InChI is InChI=1S/C18H28N2O/c1-3-7-16-13-20(18(2)10-11-21-14-18)17(12-19-16)15-8-5-4-6-9-15/h4-6,8-9,16-17,19H,3,7,10-14H2,1-2H3. The normalized spacial score (nSPS) is 34.2. The molecule has 0 amide bonds. The Labute approximate surface area is 128 Å². The molecule has 116 valence electrons. The number of piperazine rings is 1. The van der Waals surface area contributed by atoms with Gasteiger partial charge >= 0.3 is 0 Å². The van der Waals surface area contributed by atoms with E-state index in [2.05, 4.69) is 54.4 Å². The van der Waals surface area contributed by atoms with E-state index < -0.39 is 0 Å². The van der Waals surface area contributed by atoms with Crippen LogP contribution in [0.1, 0.15) is 44.7 Å². The summed E-state index contributed by atoms with van der Waals surface area (Å²) < 4.78 is 5.73. The van der Waals surface area contributed by atoms with Gasteiger partial charge in [0.15, 0.2) is 0 Å². The molecule has 0 bridgehead atoms. The van der Waals surface area contributed by atoms with Crippen LogP contribution in [0.3, 0.4) is 0 Å². The van der Waals surface area contributed by atoms with Gasteiger partial charge in [-0.25, -0.2) is 0 Å². The predicted molar refractivity (Wildman–Crippen MR) is 86.4 cm³/mol. The van der Waals surface area contributed by atoms with Crippen LogP contribution in [-0.4, -0.2) is 42.8 Å². The van der Waals surface area contributed by atoms with Gasteiger partial charge in [-0.2, -0.15) is 0 Å². The maximum absolute atomic E-state index is 5.73. The van der Waals surface area contributed by atoms with E-state index in [4.69, 9.17) is 4.74 Å². The molecule has 3 heteroatoms. The third kappa shape index (κ3) is 3.15. The van der Waals surface area contributed by atoms with Crippen LogP contribution in [0.15, 0.2) is 30.3 Å². The third-order valence-electron chi connectivity index (χ3n) is 5.11. The second-order valence-corrected chi connectivity index (χ2v) is 6.77. The molecule has 1 aromatic carbocycles. The Hall–Kier alpha value is -0.900. The molecule has 2 aliphatic heterocycles. The van der Waals surface area contributed by atoms with Gasteiger partial charge in [0, 0.05) is 37.3 Å². The highest BCUT2D eigenvalue weighted by Crippen LogP contribution is 2.36. The van der Waals surface area contributed by atoms with Crippen molar-refractivity contribution >= 4 is 0 Å². The number of nitrogens with zero attached hydrogens (tertiary/aromatic N) is 1. The quantitative estimate of drug-likeness (QED) is 0.922. The monoisotopic (exact) mass is 288 g/mol. The second kappa shape index (κ2) is 6.47. The molecule has 0 aliphatic carbocycles. The van der Waals surface area contributed by atoms with Crippen molar-refractivity contribution in [3.63, 3.8) is 0 Å². The first-order chi connectivity index (χ1) is 10.2. The molecule has 2 aliphatic rings. The number of rotatable bonds is 4. The summed E-state index contributed by atoms with van der Waals surface area (Å²) in [6, 6.07) is 12.0. The van der Waals surface area contributed by atoms with Crippen molar-refractivity contribution < 1.29 is 4.74 Å². The molecule has 1 N–H and O–H groups in total. The minimum absolute atomic E-state index is 0.189. The average Bonchev–Trinajstić information content (AvgIpc) is 2.96. The molecular weight excluding hydrogens is 260 g/mol. The lowest BCUT2D eigenvalue weighted by atomic mass is 9.90. The fourth-order valence-electron chi connectivity index (χ4n) is 3.81. The summed E-state index contributed by atoms with van der Waals surface area (Å²) in [6.07, 6.45) is 3.65. The van der Waals surface area contributed by atoms with E-state index in [0.717, 1.165) is 32.7 Å². The smallest absolute Gasteiger partial charge is 0.0648 e. The zero-order chi connectivity index (χ0) is 14.7. The van der Waals surface area contributed by atoms with Gasteiger partial charge in [0.1, 0.15) is 0 Å². The van der Waals surface area contributed by atoms with Crippen molar-refractivity contribution in [3.8, 4) is 0 Å². The second-order valence-electron chi connectivity index (χ2n) is 6.77. The average molecular weight is 288 g/mol. The molecule has 2 saturated heterocycles. The molecule has 3 nitrogen and oxygen atoms in total. The van der Waals surface area contributed by atoms with Crippen molar-refractivity contribution in [2.45, 2.75) is 50.7 Å². The van der Waals surface area contributed by atoms with Crippen molar-refractivity contribution in [1.29, 1.82) is 0 Å². The maximum Gasteiger partial charge on any atom is 0.0648 e. The van der Waals surface area contributed by atoms with Gasteiger partial charge in [-0.05, 0) is 25.3 Å². The molecular formula is C18H28N2O. The Morgan fingerprint density at radius 3 is 2.81 bits per heavy atom. The van der Waals surface area contributed by atoms with Crippen LogP contribution >= 0.6 is 0 Å². The third-order valence-corrected chi connectivity index (χ3v) is 5.11. The van der Waals surface area contributed by atoms with Crippen molar-refractivity contribution in [2.24, 2.45) is 0 Å². The van der Waals surface area contributed by atoms with Crippen molar-refractivity contribution in [1.82, 2.24) is 10.2 Å². The number of nitrogens with one attached hydrogen (secondary N) is 1. The molecule has 1 aromatic rings. The van der Waals surface area contributed by atoms with Crippen molar-refractivity contribution in [3.05, 3.63) is 35.9 Å². The summed E-state index contributed by atoms with van der Waals surface area (Å²) in [5, 5.41) is 3.76. The Morgan fingerprint density at radius 2 is 2.14 bits per heavy atom. The molecule has 2 heterocycles. The lowest BCUT2D eigenvalue weighted by molar-refractivity contribution is 0.00980. The highest BCUT2D eigenvalue weighted by molar-refractivity contribution is 5.21. The van der Waals surface area contributed by atoms with Crippen LogP contribution in [0.25, 0.3) is 0 Å². The minimum Gasteiger partial charge on any atom is -0.379 e. The molecule has 0 radical (unpaired) electrons. The van der Waals surface area contributed by atoms with Gasteiger partial charge < -0.3 is 10.1 Å². The summed E-state index contributed by atoms with van der Waals surface area (Å²) in [4.78, 5) is 2.71. The van der Waals surface area contributed by atoms with E-state index in [1.807, 2.05) is 0 Å². The van der Waals surface area contributed by atoms with E-state index in [9.17, 15) is 0 Å². The summed E-state index contributed by atoms with van der Waals surface area (Å²) >= 11 is 0. The van der Waals surface area contributed by atoms with E-state index in [-0.39, 0.29) is 5.54 Å². The first-order valence-corrected chi connectivity index (χ1v) is 8.36. The zero-order valence-electron chi connectivity index (χ0n) is 13.3. The molecule has 3 atom stereocenters. The van der Waals surface area contributed by atoms with Crippen molar-refractivity contribution in [2.75, 3.05) is 26.3 Å². The van der Waals surface area contributed by atoms with Crippen LogP contribution in [0.5, 0.6) is 0 Å². The molecule has 3 rings (SSSR count). The largest absolute Gasteiger partial charge is 0.379 e. The van der Waals surface area contributed by atoms with E-state index >= 15 is 0 Å². The highest BCUT2D eigenvalue weighted by Gasteiger charge is 2.42. The zero-order valence-corrected chi connectivity index (χ0v) is 13.3. The van der Waals surface area contributed by atoms with Crippen LogP contribution in [-0.2, 0) is 4.74 Å². The molecule has 0 spiro atoms. The van der Waals surface area contributed by atoms with Gasteiger partial charge in [-0.15, -0.1) is 0 Å². The Morgan fingerprint density at radius 1 is 1.33 bits per heavy atom. The summed E-state index contributed by atoms with van der Waals surface area (Å²) in [5.74, 6) is 0. The first-order valence-electron chi connectivity index (χ1n) is 8.36. The SMILES string of the molecule is CCCC1CN(C2(C)CCOC2)C(c2ccccc2)CN1. The fourth-order valence-corrected chi connectivity index (χ4v) is 3.81. The molecule has 0 saturated carbocycles. The number of ether oxygens (including phenoxy) is 1. The highest BCUT2D eigenvalue weighted by atomic mass is 16.5. The summed E-state index contributed by atoms with van der Waals surface area (Å²) in [7, 11) is 0. The fraction of sp³-hybridized carbons (Fsp3) is 0.667. The predicted octanol–water partition coefficient (Wildman–Crippen LogP) is 2.98.